The highest BCUT2D eigenvalue weighted by Crippen LogP contribution is 2.44. The van der Waals surface area contributed by atoms with Crippen molar-refractivity contribution >= 4 is 17.3 Å². The van der Waals surface area contributed by atoms with Gasteiger partial charge in [0.1, 0.15) is 23.6 Å². The molecule has 4 rings (SSSR count). The van der Waals surface area contributed by atoms with Gasteiger partial charge in [-0.05, 0) is 62.2 Å². The number of ether oxygens (including phenoxy) is 3. The summed E-state index contributed by atoms with van der Waals surface area (Å²) in [7, 11) is 0. The molecule has 32 heavy (non-hydrogen) atoms. The highest BCUT2D eigenvalue weighted by molar-refractivity contribution is 6.30. The molecule has 1 aliphatic heterocycles. The average Bonchev–Trinajstić information content (AvgIpc) is 2.78. The third-order valence-corrected chi connectivity index (χ3v) is 5.89. The van der Waals surface area contributed by atoms with E-state index in [1.165, 1.54) is 0 Å². The monoisotopic (exact) mass is 451 g/mol. The Morgan fingerprint density at radius 2 is 1.72 bits per heavy atom. The Kier molecular flexibility index (Phi) is 7.04. The molecule has 3 aromatic rings. The molecule has 2 unspecified atom stereocenters. The zero-order valence-corrected chi connectivity index (χ0v) is 19.6. The second-order valence-corrected chi connectivity index (χ2v) is 8.97. The lowest BCUT2D eigenvalue weighted by Gasteiger charge is -2.44. The number of nitrogens with one attached hydrogen (secondary N) is 1. The molecule has 0 amide bonds. The minimum atomic E-state index is -0.530. The SMILES string of the molecule is CCOC1c2cc(NCc3cccc(Cl)c3)ccc2OC(C)(C)C1OCc1ccccc1. The quantitative estimate of drug-likeness (QED) is 0.409. The van der Waals surface area contributed by atoms with E-state index in [4.69, 9.17) is 25.8 Å². The lowest BCUT2D eigenvalue weighted by molar-refractivity contribution is -0.165. The van der Waals surface area contributed by atoms with Crippen molar-refractivity contribution in [2.24, 2.45) is 0 Å². The van der Waals surface area contributed by atoms with Crippen molar-refractivity contribution in [3.63, 3.8) is 0 Å². The summed E-state index contributed by atoms with van der Waals surface area (Å²) in [4.78, 5) is 0. The van der Waals surface area contributed by atoms with Gasteiger partial charge >= 0.3 is 0 Å². The first kappa shape index (κ1) is 22.7. The molecule has 1 aliphatic rings. The molecule has 0 saturated heterocycles. The summed E-state index contributed by atoms with van der Waals surface area (Å²) in [5.41, 5.74) is 3.72. The fourth-order valence-corrected chi connectivity index (χ4v) is 4.31. The van der Waals surface area contributed by atoms with Crippen molar-refractivity contribution in [1.82, 2.24) is 0 Å². The van der Waals surface area contributed by atoms with E-state index in [2.05, 4.69) is 43.4 Å². The summed E-state index contributed by atoms with van der Waals surface area (Å²) in [5.74, 6) is 0.835. The van der Waals surface area contributed by atoms with Gasteiger partial charge in [-0.25, -0.2) is 0 Å². The highest BCUT2D eigenvalue weighted by atomic mass is 35.5. The van der Waals surface area contributed by atoms with Crippen LogP contribution in [0.2, 0.25) is 5.02 Å². The topological polar surface area (TPSA) is 39.7 Å². The van der Waals surface area contributed by atoms with Crippen molar-refractivity contribution in [2.45, 2.75) is 51.7 Å². The Bertz CT molecular complexity index is 1040. The van der Waals surface area contributed by atoms with Gasteiger partial charge in [-0.3, -0.25) is 0 Å². The molecule has 5 heteroatoms. The lowest BCUT2D eigenvalue weighted by Crippen LogP contribution is -2.51. The van der Waals surface area contributed by atoms with Crippen molar-refractivity contribution in [3.05, 3.63) is 94.5 Å². The van der Waals surface area contributed by atoms with Gasteiger partial charge in [0.15, 0.2) is 0 Å². The Labute approximate surface area is 195 Å². The molecule has 0 radical (unpaired) electrons. The molecule has 0 aromatic heterocycles. The number of hydrogen-bond donors (Lipinski definition) is 1. The first-order valence-corrected chi connectivity index (χ1v) is 11.4. The van der Waals surface area contributed by atoms with E-state index in [0.717, 1.165) is 33.1 Å². The van der Waals surface area contributed by atoms with Gasteiger partial charge in [0.2, 0.25) is 0 Å². The summed E-state index contributed by atoms with van der Waals surface area (Å²) in [6.07, 6.45) is -0.478. The van der Waals surface area contributed by atoms with Gasteiger partial charge in [0, 0.05) is 29.4 Å². The van der Waals surface area contributed by atoms with Crippen molar-refractivity contribution < 1.29 is 14.2 Å². The van der Waals surface area contributed by atoms with E-state index in [1.807, 2.05) is 55.5 Å². The van der Waals surface area contributed by atoms with Crippen LogP contribution in [0.4, 0.5) is 5.69 Å². The number of halogens is 1. The van der Waals surface area contributed by atoms with Crippen LogP contribution in [0.25, 0.3) is 0 Å². The second kappa shape index (κ2) is 9.95. The van der Waals surface area contributed by atoms with Crippen LogP contribution in [0.15, 0.2) is 72.8 Å². The number of anilines is 1. The van der Waals surface area contributed by atoms with E-state index in [1.54, 1.807) is 0 Å². The number of rotatable bonds is 8. The predicted molar refractivity (Wildman–Crippen MR) is 129 cm³/mol. The minimum Gasteiger partial charge on any atom is -0.485 e. The fourth-order valence-electron chi connectivity index (χ4n) is 4.10. The summed E-state index contributed by atoms with van der Waals surface area (Å²) in [6, 6.07) is 24.2. The van der Waals surface area contributed by atoms with E-state index in [9.17, 15) is 0 Å². The summed E-state index contributed by atoms with van der Waals surface area (Å²) in [5, 5.41) is 4.22. The summed E-state index contributed by atoms with van der Waals surface area (Å²) in [6.45, 7) is 7.90. The largest absolute Gasteiger partial charge is 0.485 e. The molecule has 0 spiro atoms. The van der Waals surface area contributed by atoms with Gasteiger partial charge < -0.3 is 19.5 Å². The molecule has 168 valence electrons. The van der Waals surface area contributed by atoms with Crippen LogP contribution in [-0.2, 0) is 22.6 Å². The number of benzene rings is 3. The van der Waals surface area contributed by atoms with Crippen LogP contribution < -0.4 is 10.1 Å². The van der Waals surface area contributed by atoms with Gasteiger partial charge in [0.05, 0.1) is 6.61 Å². The second-order valence-electron chi connectivity index (χ2n) is 8.53. The molecule has 1 heterocycles. The molecule has 0 saturated carbocycles. The number of hydrogen-bond acceptors (Lipinski definition) is 4. The maximum atomic E-state index is 6.40. The molecule has 0 bridgehead atoms. The van der Waals surface area contributed by atoms with Crippen LogP contribution in [0.1, 0.15) is 43.6 Å². The Morgan fingerprint density at radius 3 is 2.47 bits per heavy atom. The normalized spacial score (nSPS) is 19.1. The van der Waals surface area contributed by atoms with Crippen LogP contribution in [0.5, 0.6) is 5.75 Å². The molecule has 3 aromatic carbocycles. The van der Waals surface area contributed by atoms with Crippen molar-refractivity contribution in [2.75, 3.05) is 11.9 Å². The first-order valence-electron chi connectivity index (χ1n) is 11.0. The zero-order chi connectivity index (χ0) is 22.6. The van der Waals surface area contributed by atoms with Gasteiger partial charge in [-0.1, -0.05) is 54.1 Å². The Morgan fingerprint density at radius 1 is 0.938 bits per heavy atom. The van der Waals surface area contributed by atoms with Crippen LogP contribution in [0.3, 0.4) is 0 Å². The van der Waals surface area contributed by atoms with E-state index < -0.39 is 5.60 Å². The summed E-state index contributed by atoms with van der Waals surface area (Å²) < 4.78 is 19.0. The van der Waals surface area contributed by atoms with Crippen LogP contribution in [0, 0.1) is 0 Å². The smallest absolute Gasteiger partial charge is 0.132 e. The lowest BCUT2D eigenvalue weighted by atomic mass is 9.87. The predicted octanol–water partition coefficient (Wildman–Crippen LogP) is 6.79. The summed E-state index contributed by atoms with van der Waals surface area (Å²) >= 11 is 6.12. The molecule has 4 nitrogen and oxygen atoms in total. The van der Waals surface area contributed by atoms with Crippen LogP contribution >= 0.6 is 11.6 Å². The van der Waals surface area contributed by atoms with E-state index in [0.29, 0.717) is 19.8 Å². The standard InChI is InChI=1S/C27H30ClNO3/c1-4-30-25-23-16-22(29-17-20-11-8-12-21(28)15-20)13-14-24(23)32-27(2,3)26(25)31-18-19-9-6-5-7-10-19/h5-16,25-26,29H,4,17-18H2,1-3H3. The van der Waals surface area contributed by atoms with E-state index in [-0.39, 0.29) is 12.2 Å². The molecular formula is C27H30ClNO3. The maximum absolute atomic E-state index is 6.40. The zero-order valence-electron chi connectivity index (χ0n) is 18.8. The third kappa shape index (κ3) is 5.26. The molecule has 2 atom stereocenters. The average molecular weight is 452 g/mol. The van der Waals surface area contributed by atoms with Gasteiger partial charge in [-0.2, -0.15) is 0 Å². The fraction of sp³-hybridized carbons (Fsp3) is 0.333. The van der Waals surface area contributed by atoms with E-state index >= 15 is 0 Å². The third-order valence-electron chi connectivity index (χ3n) is 5.65. The highest BCUT2D eigenvalue weighted by Gasteiger charge is 2.45. The first-order chi connectivity index (χ1) is 15.5. The Hall–Kier alpha value is -2.53. The van der Waals surface area contributed by atoms with Crippen LogP contribution in [-0.4, -0.2) is 18.3 Å². The van der Waals surface area contributed by atoms with Gasteiger partial charge in [0.25, 0.3) is 0 Å². The Balaban J connectivity index is 1.56. The van der Waals surface area contributed by atoms with Crippen molar-refractivity contribution in [3.8, 4) is 5.75 Å². The van der Waals surface area contributed by atoms with Gasteiger partial charge in [-0.15, -0.1) is 0 Å². The molecular weight excluding hydrogens is 422 g/mol. The molecule has 0 fully saturated rings. The molecule has 0 aliphatic carbocycles. The minimum absolute atomic E-state index is 0.226. The van der Waals surface area contributed by atoms with Crippen molar-refractivity contribution in [1.29, 1.82) is 0 Å². The number of fused-ring (bicyclic) bond motifs is 1. The molecule has 1 N–H and O–H groups in total. The maximum Gasteiger partial charge on any atom is 0.132 e.